The molecule has 32 heavy (non-hydrogen) atoms. The number of amides is 2. The Kier molecular flexibility index (Phi) is 5.00. The highest BCUT2D eigenvalue weighted by molar-refractivity contribution is 6.09. The molecule has 2 aromatic heterocycles. The Bertz CT molecular complexity index is 1220. The molecular formula is C24H27N5O3. The van der Waals surface area contributed by atoms with Crippen molar-refractivity contribution in [3.05, 3.63) is 53.3 Å². The molecule has 5 rings (SSSR count). The molecule has 0 radical (unpaired) electrons. The molecule has 3 heterocycles. The van der Waals surface area contributed by atoms with Crippen LogP contribution >= 0.6 is 0 Å². The van der Waals surface area contributed by atoms with E-state index in [1.165, 1.54) is 6.20 Å². The minimum atomic E-state index is -0.521. The van der Waals surface area contributed by atoms with Gasteiger partial charge in [0.25, 0.3) is 11.8 Å². The SMILES string of the molecule is COc1ccc2c(c1)CCN(c1cc3c(N[C@@H]4CCC[C@H]4C)c(C(N)=O)cnn3c1)C2=O. The van der Waals surface area contributed by atoms with E-state index in [0.717, 1.165) is 48.2 Å². The van der Waals surface area contributed by atoms with E-state index in [1.807, 2.05) is 30.5 Å². The number of carbonyl (C=O) groups is 2. The van der Waals surface area contributed by atoms with Crippen LogP contribution < -0.4 is 20.7 Å². The summed E-state index contributed by atoms with van der Waals surface area (Å²) in [5.74, 6) is 0.682. The number of benzene rings is 1. The molecule has 0 spiro atoms. The Morgan fingerprint density at radius 2 is 2.12 bits per heavy atom. The maximum atomic E-state index is 13.2. The fourth-order valence-corrected chi connectivity index (χ4v) is 4.91. The third-order valence-corrected chi connectivity index (χ3v) is 6.78. The van der Waals surface area contributed by atoms with Crippen molar-refractivity contribution in [3.8, 4) is 5.75 Å². The zero-order chi connectivity index (χ0) is 22.4. The third kappa shape index (κ3) is 3.36. The maximum absolute atomic E-state index is 13.2. The highest BCUT2D eigenvalue weighted by atomic mass is 16.5. The average molecular weight is 434 g/mol. The van der Waals surface area contributed by atoms with Gasteiger partial charge in [-0.15, -0.1) is 0 Å². The molecule has 1 aromatic carbocycles. The van der Waals surface area contributed by atoms with E-state index in [4.69, 9.17) is 10.5 Å². The number of fused-ring (bicyclic) bond motifs is 2. The van der Waals surface area contributed by atoms with Gasteiger partial charge in [-0.1, -0.05) is 13.3 Å². The first-order valence-electron chi connectivity index (χ1n) is 11.0. The van der Waals surface area contributed by atoms with Gasteiger partial charge in [0.1, 0.15) is 5.75 Å². The first-order valence-corrected chi connectivity index (χ1v) is 11.0. The van der Waals surface area contributed by atoms with Crippen LogP contribution in [0.4, 0.5) is 11.4 Å². The number of primary amides is 1. The second-order valence-corrected chi connectivity index (χ2v) is 8.71. The molecule has 8 heteroatoms. The normalized spacial score (nSPS) is 20.4. The minimum Gasteiger partial charge on any atom is -0.497 e. The van der Waals surface area contributed by atoms with Gasteiger partial charge in [-0.25, -0.2) is 4.52 Å². The van der Waals surface area contributed by atoms with Crippen molar-refractivity contribution in [2.24, 2.45) is 11.7 Å². The zero-order valence-corrected chi connectivity index (χ0v) is 18.3. The number of ether oxygens (including phenoxy) is 1. The topological polar surface area (TPSA) is 102 Å². The van der Waals surface area contributed by atoms with Gasteiger partial charge in [-0.05, 0) is 55.0 Å². The van der Waals surface area contributed by atoms with Crippen LogP contribution in [-0.2, 0) is 6.42 Å². The lowest BCUT2D eigenvalue weighted by Gasteiger charge is -2.27. The van der Waals surface area contributed by atoms with Crippen molar-refractivity contribution in [1.82, 2.24) is 9.61 Å². The van der Waals surface area contributed by atoms with Gasteiger partial charge >= 0.3 is 0 Å². The first kappa shape index (κ1) is 20.4. The molecule has 1 fully saturated rings. The number of methoxy groups -OCH3 is 1. The van der Waals surface area contributed by atoms with E-state index >= 15 is 0 Å². The number of aromatic nitrogens is 2. The molecule has 0 saturated heterocycles. The van der Waals surface area contributed by atoms with E-state index < -0.39 is 5.91 Å². The molecule has 1 saturated carbocycles. The van der Waals surface area contributed by atoms with E-state index in [9.17, 15) is 9.59 Å². The summed E-state index contributed by atoms with van der Waals surface area (Å²) in [6.07, 6.45) is 7.42. The number of hydrogen-bond donors (Lipinski definition) is 2. The lowest BCUT2D eigenvalue weighted by Crippen LogP contribution is -2.37. The van der Waals surface area contributed by atoms with Crippen molar-refractivity contribution >= 4 is 28.7 Å². The Balaban J connectivity index is 1.53. The van der Waals surface area contributed by atoms with Crippen molar-refractivity contribution in [2.45, 2.75) is 38.6 Å². The van der Waals surface area contributed by atoms with Crippen LogP contribution in [0.3, 0.4) is 0 Å². The zero-order valence-electron chi connectivity index (χ0n) is 18.3. The van der Waals surface area contributed by atoms with Gasteiger partial charge < -0.3 is 20.7 Å². The number of hydrogen-bond acceptors (Lipinski definition) is 5. The van der Waals surface area contributed by atoms with E-state index in [2.05, 4.69) is 17.3 Å². The summed E-state index contributed by atoms with van der Waals surface area (Å²) in [5.41, 5.74) is 9.86. The predicted octanol–water partition coefficient (Wildman–Crippen LogP) is 3.25. The summed E-state index contributed by atoms with van der Waals surface area (Å²) in [5, 5.41) is 7.95. The number of anilines is 2. The molecule has 2 atom stereocenters. The van der Waals surface area contributed by atoms with Crippen molar-refractivity contribution in [2.75, 3.05) is 23.9 Å². The van der Waals surface area contributed by atoms with Gasteiger partial charge in [0.05, 0.1) is 42.0 Å². The number of nitrogens with two attached hydrogens (primary N) is 1. The highest BCUT2D eigenvalue weighted by Crippen LogP contribution is 2.34. The second-order valence-electron chi connectivity index (χ2n) is 8.71. The summed E-state index contributed by atoms with van der Waals surface area (Å²) >= 11 is 0. The van der Waals surface area contributed by atoms with Crippen LogP contribution in [0.5, 0.6) is 5.75 Å². The molecule has 1 aliphatic heterocycles. The summed E-state index contributed by atoms with van der Waals surface area (Å²) in [4.78, 5) is 27.1. The van der Waals surface area contributed by atoms with Crippen molar-refractivity contribution < 1.29 is 14.3 Å². The van der Waals surface area contributed by atoms with Crippen LogP contribution in [0.1, 0.15) is 52.5 Å². The van der Waals surface area contributed by atoms with Gasteiger partial charge in [0, 0.05) is 18.2 Å². The minimum absolute atomic E-state index is 0.0566. The Morgan fingerprint density at radius 1 is 1.28 bits per heavy atom. The van der Waals surface area contributed by atoms with E-state index in [1.54, 1.807) is 16.5 Å². The molecule has 166 valence electrons. The van der Waals surface area contributed by atoms with Crippen LogP contribution in [0.2, 0.25) is 0 Å². The van der Waals surface area contributed by atoms with Crippen molar-refractivity contribution in [3.63, 3.8) is 0 Å². The molecule has 1 aliphatic carbocycles. The average Bonchev–Trinajstić information content (AvgIpc) is 3.40. The first-order chi connectivity index (χ1) is 15.5. The highest BCUT2D eigenvalue weighted by Gasteiger charge is 2.29. The lowest BCUT2D eigenvalue weighted by atomic mass is 9.98. The van der Waals surface area contributed by atoms with Crippen LogP contribution in [0, 0.1) is 5.92 Å². The quantitative estimate of drug-likeness (QED) is 0.643. The predicted molar refractivity (Wildman–Crippen MR) is 123 cm³/mol. The molecule has 2 aliphatic rings. The molecule has 0 unspecified atom stereocenters. The van der Waals surface area contributed by atoms with E-state index in [0.29, 0.717) is 29.3 Å². The van der Waals surface area contributed by atoms with Crippen LogP contribution in [0.25, 0.3) is 5.52 Å². The number of nitrogens with one attached hydrogen (secondary N) is 1. The number of rotatable bonds is 5. The van der Waals surface area contributed by atoms with Gasteiger partial charge in [0.15, 0.2) is 0 Å². The Hall–Kier alpha value is -3.55. The van der Waals surface area contributed by atoms with Crippen LogP contribution in [-0.4, -0.2) is 41.1 Å². The monoisotopic (exact) mass is 433 g/mol. The molecule has 2 amide bonds. The summed E-state index contributed by atoms with van der Waals surface area (Å²) in [7, 11) is 1.62. The lowest BCUT2D eigenvalue weighted by molar-refractivity contribution is 0.0977. The Morgan fingerprint density at radius 3 is 2.84 bits per heavy atom. The smallest absolute Gasteiger partial charge is 0.258 e. The number of carbonyl (C=O) groups excluding carboxylic acids is 2. The fourth-order valence-electron chi connectivity index (χ4n) is 4.91. The van der Waals surface area contributed by atoms with Gasteiger partial charge in [-0.3, -0.25) is 9.59 Å². The summed E-state index contributed by atoms with van der Waals surface area (Å²) in [6.45, 7) is 2.77. The standard InChI is InChI=1S/C24H27N5O3/c1-14-4-3-5-20(14)27-22-19(23(25)30)12-26-29-13-16(11-21(22)29)28-9-8-15-10-17(32-2)6-7-18(15)24(28)31/h6-7,10-14,20,27H,3-5,8-9H2,1-2H3,(H2,25,30)/t14-,20-/m1/s1. The van der Waals surface area contributed by atoms with E-state index in [-0.39, 0.29) is 11.9 Å². The fraction of sp³-hybridized carbons (Fsp3) is 0.375. The van der Waals surface area contributed by atoms with Gasteiger partial charge in [-0.2, -0.15) is 5.10 Å². The largest absolute Gasteiger partial charge is 0.497 e. The molecule has 3 aromatic rings. The molecular weight excluding hydrogens is 406 g/mol. The second kappa shape index (κ2) is 7.85. The number of nitrogens with zero attached hydrogens (tertiary/aromatic N) is 3. The molecule has 8 nitrogen and oxygen atoms in total. The summed E-state index contributed by atoms with van der Waals surface area (Å²) < 4.78 is 7.00. The van der Waals surface area contributed by atoms with Gasteiger partial charge in [0.2, 0.25) is 0 Å². The third-order valence-electron chi connectivity index (χ3n) is 6.78. The Labute approximate surface area is 186 Å². The van der Waals surface area contributed by atoms with Crippen molar-refractivity contribution in [1.29, 1.82) is 0 Å². The molecule has 0 bridgehead atoms. The molecule has 3 N–H and O–H groups in total. The van der Waals surface area contributed by atoms with Crippen LogP contribution in [0.15, 0.2) is 36.7 Å². The maximum Gasteiger partial charge on any atom is 0.258 e. The summed E-state index contributed by atoms with van der Waals surface area (Å²) in [6, 6.07) is 7.73.